The second-order valence-corrected chi connectivity index (χ2v) is 11.8. The lowest BCUT2D eigenvalue weighted by Gasteiger charge is -2.20. The van der Waals surface area contributed by atoms with Crippen LogP contribution in [-0.4, -0.2) is 9.13 Å². The number of hydrogen-bond acceptors (Lipinski definition) is 0. The van der Waals surface area contributed by atoms with Gasteiger partial charge in [-0.05, 0) is 83.3 Å². The van der Waals surface area contributed by atoms with Crippen LogP contribution in [0.15, 0.2) is 158 Å². The van der Waals surface area contributed by atoms with E-state index in [0.29, 0.717) is 5.92 Å². The molecule has 0 fully saturated rings. The van der Waals surface area contributed by atoms with Crippen molar-refractivity contribution in [1.29, 1.82) is 0 Å². The Bertz CT molecular complexity index is 2350. The minimum atomic E-state index is 0.321. The SMILES string of the molecule is C1=CC(c2cccc(-c3ccc4c(c3)c3ccccc3n4-c3ccccc3)c2)Cc2c1n(-c1ccccc1)c1ccccc21. The summed E-state index contributed by atoms with van der Waals surface area (Å²) in [5.74, 6) is 0.321. The standard InChI is InChI=1S/C42H30N2/c1-3-14-33(15-4-1)43-39-20-9-7-18-35(39)37-27-31(22-24-41(37)43)29-12-11-13-30(26-29)32-23-25-42-38(28-32)36-19-8-10-21-40(36)44(42)34-16-5-2-6-17-34/h1-27,32H,28H2. The molecular weight excluding hydrogens is 532 g/mol. The summed E-state index contributed by atoms with van der Waals surface area (Å²) in [6, 6.07) is 55.1. The monoisotopic (exact) mass is 562 g/mol. The van der Waals surface area contributed by atoms with E-state index in [1.54, 1.807) is 0 Å². The van der Waals surface area contributed by atoms with Gasteiger partial charge in [0, 0.05) is 39.1 Å². The molecule has 8 aromatic rings. The molecule has 2 heterocycles. The molecule has 208 valence electrons. The molecule has 0 saturated carbocycles. The molecule has 2 aromatic heterocycles. The van der Waals surface area contributed by atoms with Crippen molar-refractivity contribution in [3.8, 4) is 22.5 Å². The van der Waals surface area contributed by atoms with Gasteiger partial charge in [-0.2, -0.15) is 0 Å². The number of nitrogens with zero attached hydrogens (tertiary/aromatic N) is 2. The lowest BCUT2D eigenvalue weighted by atomic mass is 9.85. The first-order valence-electron chi connectivity index (χ1n) is 15.4. The van der Waals surface area contributed by atoms with E-state index in [1.807, 2.05) is 0 Å². The first-order chi connectivity index (χ1) is 21.8. The number of aromatic nitrogens is 2. The maximum Gasteiger partial charge on any atom is 0.0541 e. The molecule has 0 radical (unpaired) electrons. The van der Waals surface area contributed by atoms with Crippen molar-refractivity contribution in [3.05, 3.63) is 175 Å². The van der Waals surface area contributed by atoms with Gasteiger partial charge in [0.25, 0.3) is 0 Å². The number of para-hydroxylation sites is 4. The highest BCUT2D eigenvalue weighted by Crippen LogP contribution is 2.40. The number of fused-ring (bicyclic) bond motifs is 6. The van der Waals surface area contributed by atoms with E-state index < -0.39 is 0 Å². The molecule has 0 N–H and O–H groups in total. The molecule has 0 bridgehead atoms. The van der Waals surface area contributed by atoms with Crippen LogP contribution in [0.1, 0.15) is 22.7 Å². The second-order valence-electron chi connectivity index (χ2n) is 11.8. The lowest BCUT2D eigenvalue weighted by molar-refractivity contribution is 0.825. The van der Waals surface area contributed by atoms with Gasteiger partial charge >= 0.3 is 0 Å². The molecule has 0 aliphatic heterocycles. The third kappa shape index (κ3) is 3.88. The fourth-order valence-electron chi connectivity index (χ4n) is 7.25. The summed E-state index contributed by atoms with van der Waals surface area (Å²) in [5, 5.41) is 3.90. The molecule has 6 aromatic carbocycles. The van der Waals surface area contributed by atoms with E-state index in [-0.39, 0.29) is 0 Å². The summed E-state index contributed by atoms with van der Waals surface area (Å²) in [4.78, 5) is 0. The van der Waals surface area contributed by atoms with Crippen LogP contribution in [0, 0.1) is 0 Å². The Morgan fingerprint density at radius 1 is 0.455 bits per heavy atom. The maximum atomic E-state index is 2.41. The van der Waals surface area contributed by atoms with Gasteiger partial charge in [-0.15, -0.1) is 0 Å². The summed E-state index contributed by atoms with van der Waals surface area (Å²) >= 11 is 0. The Labute approximate surface area is 256 Å². The molecule has 1 atom stereocenters. The predicted molar refractivity (Wildman–Crippen MR) is 185 cm³/mol. The minimum Gasteiger partial charge on any atom is -0.310 e. The normalized spacial score (nSPS) is 14.4. The Morgan fingerprint density at radius 2 is 1.07 bits per heavy atom. The van der Waals surface area contributed by atoms with Crippen LogP contribution in [0.3, 0.4) is 0 Å². The average Bonchev–Trinajstić information content (AvgIpc) is 3.61. The topological polar surface area (TPSA) is 9.86 Å². The van der Waals surface area contributed by atoms with Crippen molar-refractivity contribution in [2.75, 3.05) is 0 Å². The fourth-order valence-corrected chi connectivity index (χ4v) is 7.25. The van der Waals surface area contributed by atoms with Crippen LogP contribution in [0.5, 0.6) is 0 Å². The van der Waals surface area contributed by atoms with Crippen molar-refractivity contribution in [1.82, 2.24) is 9.13 Å². The van der Waals surface area contributed by atoms with Crippen LogP contribution in [0.2, 0.25) is 0 Å². The molecule has 0 spiro atoms. The third-order valence-electron chi connectivity index (χ3n) is 9.28. The van der Waals surface area contributed by atoms with E-state index >= 15 is 0 Å². The molecule has 0 amide bonds. The van der Waals surface area contributed by atoms with Gasteiger partial charge in [-0.1, -0.05) is 109 Å². The number of allylic oxidation sites excluding steroid dienone is 1. The predicted octanol–water partition coefficient (Wildman–Crippen LogP) is 10.7. The Kier molecular flexibility index (Phi) is 5.67. The molecular formula is C42H30N2. The highest BCUT2D eigenvalue weighted by atomic mass is 15.0. The number of rotatable bonds is 4. The Hall–Kier alpha value is -5.60. The first-order valence-corrected chi connectivity index (χ1v) is 15.4. The smallest absolute Gasteiger partial charge is 0.0541 e. The third-order valence-corrected chi connectivity index (χ3v) is 9.28. The van der Waals surface area contributed by atoms with Gasteiger partial charge in [-0.3, -0.25) is 0 Å². The molecule has 1 aliphatic carbocycles. The van der Waals surface area contributed by atoms with Crippen molar-refractivity contribution in [3.63, 3.8) is 0 Å². The Morgan fingerprint density at radius 3 is 1.84 bits per heavy atom. The average molecular weight is 563 g/mol. The van der Waals surface area contributed by atoms with E-state index in [4.69, 9.17) is 0 Å². The maximum absolute atomic E-state index is 2.41. The molecule has 2 nitrogen and oxygen atoms in total. The fraction of sp³-hybridized carbons (Fsp3) is 0.0476. The summed E-state index contributed by atoms with van der Waals surface area (Å²) in [6.07, 6.45) is 5.73. The van der Waals surface area contributed by atoms with Gasteiger partial charge in [0.15, 0.2) is 0 Å². The largest absolute Gasteiger partial charge is 0.310 e. The van der Waals surface area contributed by atoms with Crippen LogP contribution in [0.4, 0.5) is 0 Å². The second kappa shape index (κ2) is 10.00. The molecule has 9 rings (SSSR count). The summed E-state index contributed by atoms with van der Waals surface area (Å²) < 4.78 is 4.79. The summed E-state index contributed by atoms with van der Waals surface area (Å²) in [6.45, 7) is 0. The molecule has 0 saturated heterocycles. The van der Waals surface area contributed by atoms with E-state index in [2.05, 4.69) is 173 Å². The number of hydrogen-bond donors (Lipinski definition) is 0. The Balaban J connectivity index is 1.12. The zero-order chi connectivity index (χ0) is 29.0. The summed E-state index contributed by atoms with van der Waals surface area (Å²) in [5.41, 5.74) is 12.7. The quantitative estimate of drug-likeness (QED) is 0.202. The van der Waals surface area contributed by atoms with Crippen LogP contribution in [-0.2, 0) is 6.42 Å². The van der Waals surface area contributed by atoms with Crippen LogP contribution >= 0.6 is 0 Å². The molecule has 1 aliphatic rings. The lowest BCUT2D eigenvalue weighted by Crippen LogP contribution is -2.07. The van der Waals surface area contributed by atoms with E-state index in [9.17, 15) is 0 Å². The van der Waals surface area contributed by atoms with Gasteiger partial charge in [0.2, 0.25) is 0 Å². The van der Waals surface area contributed by atoms with Gasteiger partial charge < -0.3 is 9.13 Å². The molecule has 44 heavy (non-hydrogen) atoms. The van der Waals surface area contributed by atoms with Gasteiger partial charge in [0.05, 0.1) is 16.6 Å². The van der Waals surface area contributed by atoms with Crippen molar-refractivity contribution >= 4 is 38.8 Å². The van der Waals surface area contributed by atoms with Crippen molar-refractivity contribution in [2.45, 2.75) is 12.3 Å². The highest BCUT2D eigenvalue weighted by Gasteiger charge is 2.23. The van der Waals surface area contributed by atoms with Crippen molar-refractivity contribution in [2.24, 2.45) is 0 Å². The zero-order valence-electron chi connectivity index (χ0n) is 24.3. The number of benzene rings is 6. The van der Waals surface area contributed by atoms with Crippen LogP contribution in [0.25, 0.3) is 61.3 Å². The van der Waals surface area contributed by atoms with Crippen molar-refractivity contribution < 1.29 is 0 Å². The first kappa shape index (κ1) is 24.9. The van der Waals surface area contributed by atoms with Gasteiger partial charge in [0.1, 0.15) is 0 Å². The van der Waals surface area contributed by atoms with Gasteiger partial charge in [-0.25, -0.2) is 0 Å². The molecule has 2 heteroatoms. The highest BCUT2D eigenvalue weighted by molar-refractivity contribution is 6.10. The van der Waals surface area contributed by atoms with E-state index in [0.717, 1.165) is 6.42 Å². The zero-order valence-corrected chi connectivity index (χ0v) is 24.3. The summed E-state index contributed by atoms with van der Waals surface area (Å²) in [7, 11) is 0. The molecule has 1 unspecified atom stereocenters. The minimum absolute atomic E-state index is 0.321. The van der Waals surface area contributed by atoms with Crippen LogP contribution < -0.4 is 0 Å². The van der Waals surface area contributed by atoms with E-state index in [1.165, 1.54) is 72.0 Å².